The van der Waals surface area contributed by atoms with Gasteiger partial charge in [0.05, 0.1) is 17.9 Å². The van der Waals surface area contributed by atoms with Crippen molar-refractivity contribution >= 4 is 21.6 Å². The van der Waals surface area contributed by atoms with Crippen molar-refractivity contribution in [2.24, 2.45) is 0 Å². The fourth-order valence-electron chi connectivity index (χ4n) is 2.91. The van der Waals surface area contributed by atoms with Crippen LogP contribution < -0.4 is 4.74 Å². The van der Waals surface area contributed by atoms with Crippen molar-refractivity contribution in [3.63, 3.8) is 0 Å². The molecule has 0 saturated heterocycles. The van der Waals surface area contributed by atoms with Crippen molar-refractivity contribution in [1.29, 1.82) is 0 Å². The van der Waals surface area contributed by atoms with Crippen LogP contribution in [-0.4, -0.2) is 43.5 Å². The average Bonchev–Trinajstić information content (AvgIpc) is 2.69. The molecule has 0 aromatic heterocycles. The highest BCUT2D eigenvalue weighted by Crippen LogP contribution is 2.28. The quantitative estimate of drug-likeness (QED) is 0.789. The van der Waals surface area contributed by atoms with Gasteiger partial charge in [-0.15, -0.1) is 0 Å². The van der Waals surface area contributed by atoms with Crippen molar-refractivity contribution in [2.45, 2.75) is 17.7 Å². The molecule has 27 heavy (non-hydrogen) atoms. The van der Waals surface area contributed by atoms with E-state index in [1.807, 2.05) is 24.3 Å². The molecule has 0 atom stereocenters. The van der Waals surface area contributed by atoms with Crippen LogP contribution in [0.4, 0.5) is 0 Å². The number of ether oxygens (including phenoxy) is 1. The lowest BCUT2D eigenvalue weighted by atomic mass is 10.0. The van der Waals surface area contributed by atoms with Crippen molar-refractivity contribution in [1.82, 2.24) is 4.31 Å². The minimum Gasteiger partial charge on any atom is -0.493 e. The maximum absolute atomic E-state index is 12.7. The van der Waals surface area contributed by atoms with Gasteiger partial charge in [-0.2, -0.15) is 4.31 Å². The highest BCUT2D eigenvalue weighted by atomic mass is 32.2. The van der Waals surface area contributed by atoms with Gasteiger partial charge in [0.25, 0.3) is 0 Å². The van der Waals surface area contributed by atoms with Crippen LogP contribution in [0, 0.1) is 0 Å². The lowest BCUT2D eigenvalue weighted by Gasteiger charge is -2.26. The minimum absolute atomic E-state index is 0.0563. The smallest absolute Gasteiger partial charge is 0.306 e. The van der Waals surface area contributed by atoms with E-state index in [1.165, 1.54) is 4.31 Å². The monoisotopic (exact) mass is 387 g/mol. The predicted octanol–water partition coefficient (Wildman–Crippen LogP) is 3.02. The summed E-state index contributed by atoms with van der Waals surface area (Å²) in [5.41, 5.74) is 2.01. The van der Waals surface area contributed by atoms with Gasteiger partial charge in [-0.25, -0.2) is 8.42 Å². The summed E-state index contributed by atoms with van der Waals surface area (Å²) in [4.78, 5) is 10.9. The van der Waals surface area contributed by atoms with Crippen LogP contribution in [0.15, 0.2) is 65.6 Å². The molecule has 1 N–H and O–H groups in total. The van der Waals surface area contributed by atoms with E-state index >= 15 is 0 Å². The SMILES string of the molecule is O=C(O)CCOc1cccc(C2=CCN(S(=O)(=O)c3ccccc3)CC2)c1. The third-order valence-corrected chi connectivity index (χ3v) is 6.22. The number of carboxylic acids is 1. The first-order valence-corrected chi connectivity index (χ1v) is 10.1. The van der Waals surface area contributed by atoms with Crippen LogP contribution in [0.2, 0.25) is 0 Å². The second-order valence-corrected chi connectivity index (χ2v) is 8.11. The molecule has 0 fully saturated rings. The van der Waals surface area contributed by atoms with Crippen LogP contribution >= 0.6 is 0 Å². The zero-order valence-electron chi connectivity index (χ0n) is 14.7. The predicted molar refractivity (Wildman–Crippen MR) is 102 cm³/mol. The number of benzene rings is 2. The first kappa shape index (κ1) is 19.1. The van der Waals surface area contributed by atoms with Crippen molar-refractivity contribution < 1.29 is 23.1 Å². The molecule has 6 nitrogen and oxygen atoms in total. The second-order valence-electron chi connectivity index (χ2n) is 6.18. The van der Waals surface area contributed by atoms with Crippen molar-refractivity contribution in [3.05, 3.63) is 66.2 Å². The molecule has 1 aliphatic rings. The Kier molecular flexibility index (Phi) is 5.93. The normalized spacial score (nSPS) is 15.2. The number of hydrogen-bond donors (Lipinski definition) is 1. The number of aliphatic carboxylic acids is 1. The lowest BCUT2D eigenvalue weighted by Crippen LogP contribution is -2.34. The van der Waals surface area contributed by atoms with Gasteiger partial charge in [-0.1, -0.05) is 36.4 Å². The molecule has 2 aromatic rings. The maximum Gasteiger partial charge on any atom is 0.306 e. The summed E-state index contributed by atoms with van der Waals surface area (Å²) in [5, 5.41) is 8.68. The molecule has 0 amide bonds. The maximum atomic E-state index is 12.7. The number of carbonyl (C=O) groups is 1. The second kappa shape index (κ2) is 8.37. The van der Waals surface area contributed by atoms with E-state index in [0.29, 0.717) is 30.2 Å². The Hall–Kier alpha value is -2.64. The summed E-state index contributed by atoms with van der Waals surface area (Å²) in [6.07, 6.45) is 2.46. The topological polar surface area (TPSA) is 83.9 Å². The molecule has 0 aliphatic carbocycles. The van der Waals surface area contributed by atoms with Gasteiger partial charge in [0.2, 0.25) is 10.0 Å². The fourth-order valence-corrected chi connectivity index (χ4v) is 4.32. The van der Waals surface area contributed by atoms with E-state index in [1.54, 1.807) is 36.4 Å². The van der Waals surface area contributed by atoms with Crippen molar-refractivity contribution in [3.8, 4) is 5.75 Å². The van der Waals surface area contributed by atoms with Gasteiger partial charge in [0, 0.05) is 13.1 Å². The number of sulfonamides is 1. The Balaban J connectivity index is 1.69. The molecule has 7 heteroatoms. The summed E-state index contributed by atoms with van der Waals surface area (Å²) in [6.45, 7) is 0.838. The Morgan fingerprint density at radius 3 is 2.56 bits per heavy atom. The first-order chi connectivity index (χ1) is 13.0. The van der Waals surface area contributed by atoms with Gasteiger partial charge >= 0.3 is 5.97 Å². The number of hydrogen-bond acceptors (Lipinski definition) is 4. The molecule has 0 saturated carbocycles. The molecule has 0 spiro atoms. The van der Waals surface area contributed by atoms with E-state index < -0.39 is 16.0 Å². The molecule has 0 radical (unpaired) electrons. The molecular formula is C20H21NO5S. The third kappa shape index (κ3) is 4.75. The number of nitrogens with zero attached hydrogens (tertiary/aromatic N) is 1. The Morgan fingerprint density at radius 2 is 1.89 bits per heavy atom. The van der Waals surface area contributed by atoms with E-state index in [2.05, 4.69) is 0 Å². The van der Waals surface area contributed by atoms with Gasteiger partial charge < -0.3 is 9.84 Å². The van der Waals surface area contributed by atoms with Gasteiger partial charge in [0.1, 0.15) is 5.75 Å². The molecule has 0 bridgehead atoms. The van der Waals surface area contributed by atoms with E-state index in [4.69, 9.17) is 9.84 Å². The molecule has 0 unspecified atom stereocenters. The summed E-state index contributed by atoms with van der Waals surface area (Å²) in [5.74, 6) is -0.296. The summed E-state index contributed by atoms with van der Waals surface area (Å²) >= 11 is 0. The third-order valence-electron chi connectivity index (χ3n) is 4.34. The highest BCUT2D eigenvalue weighted by Gasteiger charge is 2.26. The van der Waals surface area contributed by atoms with E-state index in [0.717, 1.165) is 11.1 Å². The van der Waals surface area contributed by atoms with Gasteiger partial charge in [-0.05, 0) is 41.8 Å². The highest BCUT2D eigenvalue weighted by molar-refractivity contribution is 7.89. The van der Waals surface area contributed by atoms with Crippen molar-refractivity contribution in [2.75, 3.05) is 19.7 Å². The van der Waals surface area contributed by atoms with E-state index in [-0.39, 0.29) is 13.0 Å². The molecule has 142 valence electrons. The lowest BCUT2D eigenvalue weighted by molar-refractivity contribution is -0.137. The molecular weight excluding hydrogens is 366 g/mol. The van der Waals surface area contributed by atoms with Crippen LogP contribution in [0.3, 0.4) is 0 Å². The van der Waals surface area contributed by atoms with Crippen LogP contribution in [0.25, 0.3) is 5.57 Å². The minimum atomic E-state index is -3.49. The van der Waals surface area contributed by atoms with Gasteiger partial charge in [-0.3, -0.25) is 4.79 Å². The van der Waals surface area contributed by atoms with E-state index in [9.17, 15) is 13.2 Å². The Morgan fingerprint density at radius 1 is 1.11 bits per heavy atom. The van der Waals surface area contributed by atoms with Gasteiger partial charge in [0.15, 0.2) is 0 Å². The Bertz CT molecular complexity index is 938. The molecule has 2 aromatic carbocycles. The zero-order valence-corrected chi connectivity index (χ0v) is 15.6. The number of rotatable bonds is 7. The Labute approximate surface area is 158 Å². The summed E-state index contributed by atoms with van der Waals surface area (Å²) in [6, 6.07) is 15.9. The zero-order chi connectivity index (χ0) is 19.3. The first-order valence-electron chi connectivity index (χ1n) is 8.66. The average molecular weight is 387 g/mol. The van der Waals surface area contributed by atoms with Crippen LogP contribution in [0.1, 0.15) is 18.4 Å². The summed E-state index contributed by atoms with van der Waals surface area (Å²) in [7, 11) is -3.49. The molecule has 1 aliphatic heterocycles. The van der Waals surface area contributed by atoms with Crippen LogP contribution in [0.5, 0.6) is 5.75 Å². The van der Waals surface area contributed by atoms with Crippen LogP contribution in [-0.2, 0) is 14.8 Å². The number of carboxylic acid groups (broad SMARTS) is 1. The standard InChI is InChI=1S/C20H21NO5S/c22-20(23)11-14-26-18-6-4-5-17(15-18)16-9-12-21(13-10-16)27(24,25)19-7-2-1-3-8-19/h1-9,15H,10-14H2,(H,22,23). The largest absolute Gasteiger partial charge is 0.493 e. The molecule has 1 heterocycles. The molecule has 3 rings (SSSR count). The summed E-state index contributed by atoms with van der Waals surface area (Å²) < 4.78 is 32.3. The fraction of sp³-hybridized carbons (Fsp3) is 0.250.